The van der Waals surface area contributed by atoms with Crippen molar-refractivity contribution < 1.29 is 0 Å². The molecule has 14 heavy (non-hydrogen) atoms. The van der Waals surface area contributed by atoms with E-state index in [9.17, 15) is 0 Å². The predicted octanol–water partition coefficient (Wildman–Crippen LogP) is 3.94. The van der Waals surface area contributed by atoms with Gasteiger partial charge in [0, 0.05) is 5.75 Å². The van der Waals surface area contributed by atoms with Crippen molar-refractivity contribution >= 4 is 17.3 Å². The van der Waals surface area contributed by atoms with E-state index in [2.05, 4.69) is 18.8 Å². The van der Waals surface area contributed by atoms with Crippen LogP contribution in [0.1, 0.15) is 45.4 Å². The van der Waals surface area contributed by atoms with E-state index in [4.69, 9.17) is 0 Å². The molecule has 0 amide bonds. The molecule has 0 aliphatic carbocycles. The Balaban J connectivity index is 1.97. The van der Waals surface area contributed by atoms with Crippen LogP contribution >= 0.6 is 11.8 Å². The van der Waals surface area contributed by atoms with Crippen molar-refractivity contribution in [2.75, 3.05) is 5.75 Å². The van der Waals surface area contributed by atoms with E-state index in [1.807, 2.05) is 17.3 Å². The first-order chi connectivity index (χ1) is 6.84. The zero-order valence-corrected chi connectivity index (χ0v) is 10.1. The number of aliphatic imine (C=N–C) groups is 1. The van der Waals surface area contributed by atoms with E-state index >= 15 is 0 Å². The average molecular weight is 212 g/mol. The zero-order valence-electron chi connectivity index (χ0n) is 9.24. The highest BCUT2D eigenvalue weighted by Gasteiger charge is 2.18. The van der Waals surface area contributed by atoms with E-state index in [1.165, 1.54) is 38.5 Å². The molecule has 0 fully saturated rings. The summed E-state index contributed by atoms with van der Waals surface area (Å²) in [7, 11) is 0. The maximum absolute atomic E-state index is 4.43. The van der Waals surface area contributed by atoms with Crippen molar-refractivity contribution in [3.05, 3.63) is 6.92 Å². The molecule has 2 atom stereocenters. The normalized spacial score (nSPS) is 22.9. The summed E-state index contributed by atoms with van der Waals surface area (Å²) in [5, 5.41) is 0. The van der Waals surface area contributed by atoms with E-state index in [0.29, 0.717) is 12.0 Å². The minimum Gasteiger partial charge on any atom is -0.282 e. The van der Waals surface area contributed by atoms with E-state index in [0.717, 1.165) is 5.75 Å². The first-order valence-electron chi connectivity index (χ1n) is 5.81. The van der Waals surface area contributed by atoms with Crippen LogP contribution in [-0.2, 0) is 0 Å². The van der Waals surface area contributed by atoms with Crippen molar-refractivity contribution in [3.8, 4) is 0 Å². The van der Waals surface area contributed by atoms with Gasteiger partial charge < -0.3 is 0 Å². The van der Waals surface area contributed by atoms with Crippen LogP contribution in [0.3, 0.4) is 0 Å². The molecular formula is C12H22NS. The van der Waals surface area contributed by atoms with Crippen molar-refractivity contribution in [2.45, 2.75) is 51.5 Å². The van der Waals surface area contributed by atoms with Crippen LogP contribution in [0.15, 0.2) is 4.99 Å². The van der Waals surface area contributed by atoms with E-state index in [1.54, 1.807) is 0 Å². The standard InChI is InChI=1S/C12H22NS/c1-3-4-5-6-7-8-11(2)12-9-14-10-13-12/h10-12H,2-9H2,1H3. The largest absolute Gasteiger partial charge is 0.282 e. The van der Waals surface area contributed by atoms with Crippen molar-refractivity contribution in [2.24, 2.45) is 10.9 Å². The molecule has 0 spiro atoms. The van der Waals surface area contributed by atoms with Gasteiger partial charge >= 0.3 is 0 Å². The molecular weight excluding hydrogens is 190 g/mol. The quantitative estimate of drug-likeness (QED) is 0.582. The van der Waals surface area contributed by atoms with Crippen molar-refractivity contribution in [3.63, 3.8) is 0 Å². The van der Waals surface area contributed by atoms with Crippen molar-refractivity contribution in [1.29, 1.82) is 0 Å². The lowest BCUT2D eigenvalue weighted by Crippen LogP contribution is -2.15. The summed E-state index contributed by atoms with van der Waals surface area (Å²) in [5.74, 6) is 1.70. The van der Waals surface area contributed by atoms with Gasteiger partial charge in [0.1, 0.15) is 0 Å². The molecule has 1 aliphatic heterocycles. The molecule has 2 unspecified atom stereocenters. The molecule has 1 rings (SSSR count). The summed E-state index contributed by atoms with van der Waals surface area (Å²) in [4.78, 5) is 4.43. The Bertz CT molecular complexity index is 168. The molecule has 0 aromatic carbocycles. The molecule has 81 valence electrons. The summed E-state index contributed by atoms with van der Waals surface area (Å²) >= 11 is 1.83. The van der Waals surface area contributed by atoms with Gasteiger partial charge in [0.15, 0.2) is 0 Å². The summed E-state index contributed by atoms with van der Waals surface area (Å²) < 4.78 is 0. The van der Waals surface area contributed by atoms with Gasteiger partial charge in [-0.05, 0) is 19.3 Å². The summed E-state index contributed by atoms with van der Waals surface area (Å²) in [6.07, 6.45) is 8.09. The number of hydrogen-bond donors (Lipinski definition) is 0. The number of hydrogen-bond acceptors (Lipinski definition) is 2. The SMILES string of the molecule is [CH2]C(CCCCCCC)C1CSC=N1. The number of nitrogens with zero attached hydrogens (tertiary/aromatic N) is 1. The van der Waals surface area contributed by atoms with Crippen LogP contribution in [0, 0.1) is 12.8 Å². The van der Waals surface area contributed by atoms with Gasteiger partial charge in [0.05, 0.1) is 11.6 Å². The highest BCUT2D eigenvalue weighted by atomic mass is 32.2. The fraction of sp³-hybridized carbons (Fsp3) is 0.833. The number of unbranched alkanes of at least 4 members (excludes halogenated alkanes) is 4. The second-order valence-electron chi connectivity index (χ2n) is 4.12. The highest BCUT2D eigenvalue weighted by Crippen LogP contribution is 2.22. The first kappa shape index (κ1) is 12.1. The van der Waals surface area contributed by atoms with Gasteiger partial charge in [-0.25, -0.2) is 0 Å². The molecule has 0 saturated carbocycles. The first-order valence-corrected chi connectivity index (χ1v) is 6.85. The summed E-state index contributed by atoms with van der Waals surface area (Å²) in [5.41, 5.74) is 1.99. The van der Waals surface area contributed by atoms with E-state index < -0.39 is 0 Å². The molecule has 0 N–H and O–H groups in total. The second kappa shape index (κ2) is 7.33. The lowest BCUT2D eigenvalue weighted by molar-refractivity contribution is 0.470. The Hall–Kier alpha value is 0.0200. The third-order valence-electron chi connectivity index (χ3n) is 2.82. The Morgan fingerprint density at radius 3 is 2.86 bits per heavy atom. The Kier molecular flexibility index (Phi) is 6.33. The minimum absolute atomic E-state index is 0.506. The lowest BCUT2D eigenvalue weighted by Gasteiger charge is -2.15. The fourth-order valence-corrected chi connectivity index (χ4v) is 2.65. The van der Waals surface area contributed by atoms with Gasteiger partial charge in [-0.3, -0.25) is 4.99 Å². The maximum atomic E-state index is 4.43. The van der Waals surface area contributed by atoms with Crippen LogP contribution in [0.2, 0.25) is 0 Å². The Morgan fingerprint density at radius 2 is 2.21 bits per heavy atom. The van der Waals surface area contributed by atoms with Gasteiger partial charge in [-0.2, -0.15) is 0 Å². The smallest absolute Gasteiger partial charge is 0.0628 e. The highest BCUT2D eigenvalue weighted by molar-refractivity contribution is 8.12. The monoisotopic (exact) mass is 212 g/mol. The van der Waals surface area contributed by atoms with Gasteiger partial charge in [0.25, 0.3) is 0 Å². The van der Waals surface area contributed by atoms with Crippen LogP contribution in [-0.4, -0.2) is 17.3 Å². The molecule has 1 nitrogen and oxygen atoms in total. The van der Waals surface area contributed by atoms with Gasteiger partial charge in [-0.15, -0.1) is 11.8 Å². The maximum Gasteiger partial charge on any atom is 0.0628 e. The molecule has 1 aliphatic rings. The Labute approximate surface area is 92.8 Å². The third-order valence-corrected chi connectivity index (χ3v) is 3.62. The fourth-order valence-electron chi connectivity index (χ4n) is 1.77. The average Bonchev–Trinajstić information content (AvgIpc) is 2.70. The molecule has 0 aromatic heterocycles. The second-order valence-corrected chi connectivity index (χ2v) is 5.00. The van der Waals surface area contributed by atoms with Gasteiger partial charge in [0.2, 0.25) is 0 Å². The summed E-state index contributed by atoms with van der Waals surface area (Å²) in [6.45, 7) is 6.47. The molecule has 0 aromatic rings. The van der Waals surface area contributed by atoms with Crippen LogP contribution in [0.4, 0.5) is 0 Å². The minimum atomic E-state index is 0.506. The van der Waals surface area contributed by atoms with Crippen LogP contribution in [0.5, 0.6) is 0 Å². The predicted molar refractivity (Wildman–Crippen MR) is 67.0 cm³/mol. The third kappa shape index (κ3) is 4.50. The van der Waals surface area contributed by atoms with Gasteiger partial charge in [-0.1, -0.05) is 39.0 Å². The number of rotatable bonds is 7. The summed E-state index contributed by atoms with van der Waals surface area (Å²) in [6, 6.07) is 0.506. The lowest BCUT2D eigenvalue weighted by atomic mass is 9.96. The molecule has 1 radical (unpaired) electrons. The molecule has 2 heteroatoms. The van der Waals surface area contributed by atoms with Crippen LogP contribution < -0.4 is 0 Å². The Morgan fingerprint density at radius 1 is 1.43 bits per heavy atom. The molecule has 0 saturated heterocycles. The van der Waals surface area contributed by atoms with Crippen LogP contribution in [0.25, 0.3) is 0 Å². The number of thioether (sulfide) groups is 1. The molecule has 0 bridgehead atoms. The topological polar surface area (TPSA) is 12.4 Å². The zero-order chi connectivity index (χ0) is 10.2. The molecule has 1 heterocycles. The van der Waals surface area contributed by atoms with E-state index in [-0.39, 0.29) is 0 Å². The van der Waals surface area contributed by atoms with Crippen molar-refractivity contribution in [1.82, 2.24) is 0 Å².